The van der Waals surface area contributed by atoms with E-state index in [0.29, 0.717) is 6.61 Å². The lowest BCUT2D eigenvalue weighted by atomic mass is 10.7. The van der Waals surface area contributed by atoms with E-state index < -0.39 is 12.1 Å². The van der Waals surface area contributed by atoms with E-state index in [-0.39, 0.29) is 5.97 Å². The van der Waals surface area contributed by atoms with Gasteiger partial charge in [0.2, 0.25) is 0 Å². The van der Waals surface area contributed by atoms with Crippen molar-refractivity contribution in [3.05, 3.63) is 0 Å². The Labute approximate surface area is 76.7 Å². The van der Waals surface area contributed by atoms with E-state index in [1.165, 1.54) is 6.92 Å². The molecule has 0 bridgehead atoms. The van der Waals surface area contributed by atoms with Crippen LogP contribution in [0, 0.1) is 0 Å². The van der Waals surface area contributed by atoms with Crippen LogP contribution in [0.3, 0.4) is 0 Å². The lowest BCUT2D eigenvalue weighted by molar-refractivity contribution is -0.234. The Hall–Kier alpha value is -1.34. The first-order valence-corrected chi connectivity index (χ1v) is 3.28. The van der Waals surface area contributed by atoms with Crippen LogP contribution < -0.4 is 0 Å². The molecule has 0 aromatic carbocycles. The van der Waals surface area contributed by atoms with Gasteiger partial charge in [-0.1, -0.05) is 0 Å². The fraction of sp³-hybridized carbons (Fsp3) is 0.667. The summed E-state index contributed by atoms with van der Waals surface area (Å²) in [5, 5.41) is 0. The molecule has 0 aliphatic heterocycles. The second-order valence-corrected chi connectivity index (χ2v) is 1.79. The largest absolute Gasteiger partial charge is 0.494 e. The van der Waals surface area contributed by atoms with Gasteiger partial charge >= 0.3 is 18.1 Å². The second-order valence-electron chi connectivity index (χ2n) is 1.79. The Morgan fingerprint density at radius 3 is 1.71 bits per heavy atom. The van der Waals surface area contributed by atoms with Crippen LogP contribution in [0.5, 0.6) is 0 Å². The molecule has 0 atom stereocenters. The summed E-state index contributed by atoms with van der Waals surface area (Å²) in [6.45, 7) is 3.65. The summed E-state index contributed by atoms with van der Waals surface area (Å²) in [6.07, 6.45) is -5.23. The lowest BCUT2D eigenvalue weighted by Crippen LogP contribution is -2.22. The van der Waals surface area contributed by atoms with E-state index in [1.807, 2.05) is 4.94 Å². The van der Waals surface area contributed by atoms with Crippen LogP contribution in [0.2, 0.25) is 0 Å². The van der Waals surface area contributed by atoms with Crippen LogP contribution in [0.1, 0.15) is 13.8 Å². The van der Waals surface area contributed by atoms with Gasteiger partial charge in [-0.05, 0) is 6.92 Å². The van der Waals surface area contributed by atoms with E-state index in [1.54, 1.807) is 6.92 Å². The van der Waals surface area contributed by atoms with Crippen molar-refractivity contribution in [3.8, 4) is 0 Å². The summed E-state index contributed by atoms with van der Waals surface area (Å²) in [5.41, 5.74) is 0. The summed E-state index contributed by atoms with van der Waals surface area (Å²) in [7, 11) is 0. The molecule has 0 aromatic heterocycles. The first kappa shape index (κ1) is 15.1. The number of halogens is 4. The predicted molar refractivity (Wildman–Crippen MR) is 35.6 cm³/mol. The number of rotatable bonds is 1. The quantitative estimate of drug-likeness (QED) is 0.497. The van der Waals surface area contributed by atoms with Gasteiger partial charge in [0.25, 0.3) is 0 Å². The topological polar surface area (TPSA) is 52.6 Å². The molecule has 0 saturated carbocycles. The van der Waals surface area contributed by atoms with Gasteiger partial charge in [-0.2, -0.15) is 13.2 Å². The predicted octanol–water partition coefficient (Wildman–Crippen LogP) is 1.55. The molecule has 84 valence electrons. The molecule has 0 N–H and O–H groups in total. The molecular weight excluding hydrogens is 212 g/mol. The van der Waals surface area contributed by atoms with Crippen LogP contribution in [0.4, 0.5) is 17.7 Å². The van der Waals surface area contributed by atoms with E-state index in [4.69, 9.17) is 4.79 Å². The molecule has 14 heavy (non-hydrogen) atoms. The van der Waals surface area contributed by atoms with Crippen LogP contribution in [-0.2, 0) is 19.3 Å². The highest BCUT2D eigenvalue weighted by Gasteiger charge is 2.42. The molecule has 0 fully saturated rings. The van der Waals surface area contributed by atoms with Crippen LogP contribution >= 0.6 is 0 Å². The molecule has 0 aliphatic rings. The maximum Gasteiger partial charge on any atom is 0.494 e. The first-order valence-electron chi connectivity index (χ1n) is 3.28. The number of alkyl halides is 3. The number of esters is 1. The van der Waals surface area contributed by atoms with Crippen molar-refractivity contribution in [3.63, 3.8) is 0 Å². The summed E-state index contributed by atoms with van der Waals surface area (Å²) in [4.78, 5) is 20.8. The van der Waals surface area contributed by atoms with Crippen LogP contribution in [-0.4, -0.2) is 24.7 Å². The summed E-state index contributed by atoms with van der Waals surface area (Å²) in [6, 6.07) is 0. The van der Waals surface area contributed by atoms with Gasteiger partial charge in [0.1, 0.15) is 0 Å². The molecule has 0 amide bonds. The van der Waals surface area contributed by atoms with Crippen LogP contribution in [0.15, 0.2) is 0 Å². The summed E-state index contributed by atoms with van der Waals surface area (Å²) < 4.78 is 46.9. The van der Waals surface area contributed by atoms with Gasteiger partial charge in [-0.15, -0.1) is 0 Å². The molecule has 0 aliphatic carbocycles. The zero-order valence-corrected chi connectivity index (χ0v) is 7.35. The highest BCUT2D eigenvalue weighted by atomic mass is 19.4. The Bertz CT molecular complexity index is 189. The van der Waals surface area contributed by atoms with E-state index in [9.17, 15) is 22.5 Å². The smallest absolute Gasteiger partial charge is 0.466 e. The third-order valence-corrected chi connectivity index (χ3v) is 0.649. The Kier molecular flexibility index (Phi) is 7.68. The minimum atomic E-state index is -5.23. The van der Waals surface area contributed by atoms with Gasteiger partial charge in [0, 0.05) is 11.4 Å². The third kappa shape index (κ3) is 10.7. The lowest BCUT2D eigenvalue weighted by Gasteiger charge is -1.95. The van der Waals surface area contributed by atoms with Crippen LogP contribution in [0.25, 0.3) is 0 Å². The average molecular weight is 220 g/mol. The second kappa shape index (κ2) is 7.10. The maximum absolute atomic E-state index is 10.7. The summed E-state index contributed by atoms with van der Waals surface area (Å²) >= 11 is 0. The third-order valence-electron chi connectivity index (χ3n) is 0.649. The van der Waals surface area contributed by atoms with Crippen molar-refractivity contribution < 1.29 is 37.0 Å². The molecule has 0 spiro atoms. The maximum atomic E-state index is 10.7. The van der Waals surface area contributed by atoms with Gasteiger partial charge in [-0.3, -0.25) is 4.79 Å². The van der Waals surface area contributed by atoms with Crippen molar-refractivity contribution in [2.45, 2.75) is 20.0 Å². The molecule has 8 heteroatoms. The molecule has 0 heterocycles. The van der Waals surface area contributed by atoms with Gasteiger partial charge < -0.3 is 4.74 Å². The molecular formula is C6H8F4O4. The summed E-state index contributed by atoms with van der Waals surface area (Å²) in [5.74, 6) is -3.05. The Balaban J connectivity index is 0. The monoisotopic (exact) mass is 220 g/mol. The van der Waals surface area contributed by atoms with E-state index in [2.05, 4.69) is 4.74 Å². The molecule has 0 aromatic rings. The Morgan fingerprint density at radius 1 is 1.29 bits per heavy atom. The standard InChI is InChI=1S/C4H8O2.C2F4O2/c1-3-6-4(2)5;3-2(4,5)1(7)8-6/h3H2,1-2H3;. The number of hydrogen-bond acceptors (Lipinski definition) is 4. The van der Waals surface area contributed by atoms with Crippen molar-refractivity contribution in [1.82, 2.24) is 0 Å². The fourth-order valence-electron chi connectivity index (χ4n) is 0.247. The van der Waals surface area contributed by atoms with Crippen molar-refractivity contribution in [1.29, 1.82) is 0 Å². The van der Waals surface area contributed by atoms with Gasteiger partial charge in [0.05, 0.1) is 6.61 Å². The fourth-order valence-corrected chi connectivity index (χ4v) is 0.247. The SMILES string of the molecule is CCOC(C)=O.O=C(OF)C(F)(F)F. The minimum absolute atomic E-state index is 0.211. The van der Waals surface area contributed by atoms with Crippen molar-refractivity contribution in [2.75, 3.05) is 6.61 Å². The van der Waals surface area contributed by atoms with Crippen molar-refractivity contribution >= 4 is 11.9 Å². The number of ether oxygens (including phenoxy) is 1. The molecule has 0 unspecified atom stereocenters. The number of hydrogen-bond donors (Lipinski definition) is 0. The molecule has 0 radical (unpaired) electrons. The zero-order chi connectivity index (χ0) is 11.8. The van der Waals surface area contributed by atoms with E-state index >= 15 is 0 Å². The Morgan fingerprint density at radius 2 is 1.71 bits per heavy atom. The van der Waals surface area contributed by atoms with Crippen molar-refractivity contribution in [2.24, 2.45) is 0 Å². The minimum Gasteiger partial charge on any atom is -0.466 e. The van der Waals surface area contributed by atoms with Gasteiger partial charge in [0.15, 0.2) is 0 Å². The first-order chi connectivity index (χ1) is 6.25. The number of carbonyl (C=O) groups excluding carboxylic acids is 2. The highest BCUT2D eigenvalue weighted by molar-refractivity contribution is 5.74. The average Bonchev–Trinajstić information content (AvgIpc) is 2.02. The normalized spacial score (nSPS) is 9.57. The highest BCUT2D eigenvalue weighted by Crippen LogP contribution is 2.15. The number of carbonyl (C=O) groups is 2. The molecule has 0 saturated heterocycles. The van der Waals surface area contributed by atoms with E-state index in [0.717, 1.165) is 0 Å². The molecule has 4 nitrogen and oxygen atoms in total. The molecule has 0 rings (SSSR count). The van der Waals surface area contributed by atoms with Gasteiger partial charge in [-0.25, -0.2) is 9.74 Å². The zero-order valence-electron chi connectivity index (χ0n) is 7.35.